The lowest BCUT2D eigenvalue weighted by atomic mass is 10.0. The first-order valence-electron chi connectivity index (χ1n) is 8.36. The molecule has 3 rings (SSSR count). The van der Waals surface area contributed by atoms with E-state index >= 15 is 0 Å². The molecule has 0 bridgehead atoms. The number of carbonyl (C=O) groups is 5. The Morgan fingerprint density at radius 3 is 2.74 bits per heavy atom. The quantitative estimate of drug-likeness (QED) is 0.427. The lowest BCUT2D eigenvalue weighted by molar-refractivity contribution is -0.136. The molecule has 1 atom stereocenters. The fourth-order valence-corrected chi connectivity index (χ4v) is 3.05. The van der Waals surface area contributed by atoms with E-state index in [-0.39, 0.29) is 49.4 Å². The summed E-state index contributed by atoms with van der Waals surface area (Å²) in [5.41, 5.74) is 5.54. The summed E-state index contributed by atoms with van der Waals surface area (Å²) in [6.45, 7) is 0.225. The Hall–Kier alpha value is -3.11. The summed E-state index contributed by atoms with van der Waals surface area (Å²) >= 11 is 0. The summed E-state index contributed by atoms with van der Waals surface area (Å²) in [5, 5.41) is 4.66. The van der Waals surface area contributed by atoms with Gasteiger partial charge in [0, 0.05) is 13.0 Å². The minimum atomic E-state index is -1.06. The predicted octanol–water partition coefficient (Wildman–Crippen LogP) is -0.998. The summed E-state index contributed by atoms with van der Waals surface area (Å²) in [5.74, 6) is -2.97. The summed E-state index contributed by atoms with van der Waals surface area (Å²) in [6.07, 6.45) is 0.0939. The normalized spacial score (nSPS) is 19.1. The van der Waals surface area contributed by atoms with E-state index in [1.54, 1.807) is 0 Å². The fraction of sp³-hybridized carbons (Fsp3) is 0.353. The van der Waals surface area contributed by atoms with Crippen LogP contribution in [0, 0.1) is 0 Å². The first-order valence-corrected chi connectivity index (χ1v) is 8.36. The maximum atomic E-state index is 12.8. The number of imide groups is 2. The summed E-state index contributed by atoms with van der Waals surface area (Å²) in [6, 6.07) is 3.39. The van der Waals surface area contributed by atoms with E-state index in [0.29, 0.717) is 0 Å². The van der Waals surface area contributed by atoms with Gasteiger partial charge >= 0.3 is 0 Å². The second kappa shape index (κ2) is 7.64. The molecule has 0 aromatic heterocycles. The molecule has 1 unspecified atom stereocenters. The van der Waals surface area contributed by atoms with E-state index in [0.717, 1.165) is 4.90 Å². The van der Waals surface area contributed by atoms with E-state index in [4.69, 9.17) is 10.5 Å². The third kappa shape index (κ3) is 3.57. The number of nitrogens with two attached hydrogens (primary N) is 1. The number of rotatable bonds is 6. The highest BCUT2D eigenvalue weighted by molar-refractivity contribution is 6.26. The number of nitrogens with zero attached hydrogens (tertiary/aromatic N) is 1. The molecule has 4 N–H and O–H groups in total. The van der Waals surface area contributed by atoms with Gasteiger partial charge in [-0.2, -0.15) is 0 Å². The van der Waals surface area contributed by atoms with E-state index in [9.17, 15) is 24.0 Å². The molecule has 27 heavy (non-hydrogen) atoms. The molecule has 2 heterocycles. The molecule has 5 amide bonds. The van der Waals surface area contributed by atoms with Crippen LogP contribution in [0.3, 0.4) is 0 Å². The Bertz CT molecular complexity index is 837. The largest absolute Gasteiger partial charge is 0.370 e. The molecule has 0 radical (unpaired) electrons. The Balaban J connectivity index is 1.83. The van der Waals surface area contributed by atoms with Crippen molar-refractivity contribution in [3.05, 3.63) is 29.3 Å². The highest BCUT2D eigenvalue weighted by atomic mass is 16.5. The maximum Gasteiger partial charge on any atom is 0.264 e. The number of amides is 5. The molecule has 2 aliphatic rings. The van der Waals surface area contributed by atoms with Crippen molar-refractivity contribution in [3.63, 3.8) is 0 Å². The molecule has 142 valence electrons. The summed E-state index contributed by atoms with van der Waals surface area (Å²) < 4.78 is 5.04. The Kier molecular flexibility index (Phi) is 5.28. The molecule has 2 aliphatic heterocycles. The van der Waals surface area contributed by atoms with Crippen molar-refractivity contribution in [1.82, 2.24) is 10.2 Å². The van der Waals surface area contributed by atoms with Crippen molar-refractivity contribution in [1.29, 1.82) is 0 Å². The molecule has 0 saturated carbocycles. The van der Waals surface area contributed by atoms with E-state index in [1.807, 2.05) is 0 Å². The first-order chi connectivity index (χ1) is 12.9. The van der Waals surface area contributed by atoms with E-state index < -0.39 is 35.6 Å². The van der Waals surface area contributed by atoms with E-state index in [1.165, 1.54) is 18.2 Å². The maximum absolute atomic E-state index is 12.8. The van der Waals surface area contributed by atoms with Crippen LogP contribution in [-0.4, -0.2) is 60.2 Å². The van der Waals surface area contributed by atoms with Gasteiger partial charge in [-0.1, -0.05) is 6.07 Å². The van der Waals surface area contributed by atoms with Gasteiger partial charge in [-0.05, 0) is 18.6 Å². The van der Waals surface area contributed by atoms with E-state index in [2.05, 4.69) is 10.6 Å². The Morgan fingerprint density at radius 1 is 1.26 bits per heavy atom. The van der Waals surface area contributed by atoms with Gasteiger partial charge in [0.15, 0.2) is 0 Å². The summed E-state index contributed by atoms with van der Waals surface area (Å²) in [7, 11) is 0. The number of anilines is 1. The molecule has 1 fully saturated rings. The van der Waals surface area contributed by atoms with Crippen LogP contribution < -0.4 is 16.4 Å². The lowest BCUT2D eigenvalue weighted by Gasteiger charge is -2.27. The number of ether oxygens (including phenoxy) is 1. The van der Waals surface area contributed by atoms with Crippen molar-refractivity contribution in [2.45, 2.75) is 18.9 Å². The van der Waals surface area contributed by atoms with Gasteiger partial charge in [-0.25, -0.2) is 0 Å². The number of benzene rings is 1. The first kappa shape index (κ1) is 18.7. The minimum Gasteiger partial charge on any atom is -0.370 e. The molecule has 0 spiro atoms. The van der Waals surface area contributed by atoms with Gasteiger partial charge in [-0.15, -0.1) is 0 Å². The van der Waals surface area contributed by atoms with Crippen LogP contribution >= 0.6 is 0 Å². The number of nitrogens with one attached hydrogen (secondary N) is 2. The number of hydrogen-bond acceptors (Lipinski definition) is 7. The van der Waals surface area contributed by atoms with Gasteiger partial charge in [-0.3, -0.25) is 34.2 Å². The number of carbonyl (C=O) groups excluding carboxylic acids is 5. The SMILES string of the molecule is NCCOCC(=O)Nc1cccc2c1C(=O)N(C1CCC(=O)NC1=O)C2=O. The molecular formula is C17H18N4O6. The Morgan fingerprint density at radius 2 is 2.04 bits per heavy atom. The topological polar surface area (TPSA) is 148 Å². The molecule has 10 heteroatoms. The number of fused-ring (bicyclic) bond motifs is 1. The summed E-state index contributed by atoms with van der Waals surface area (Å²) in [4.78, 5) is 61.7. The van der Waals surface area contributed by atoms with Crippen molar-refractivity contribution >= 4 is 35.2 Å². The van der Waals surface area contributed by atoms with Crippen LogP contribution in [0.5, 0.6) is 0 Å². The third-order valence-corrected chi connectivity index (χ3v) is 4.24. The average molecular weight is 374 g/mol. The van der Waals surface area contributed by atoms with Gasteiger partial charge in [0.25, 0.3) is 11.8 Å². The predicted molar refractivity (Wildman–Crippen MR) is 91.6 cm³/mol. The fourth-order valence-electron chi connectivity index (χ4n) is 3.05. The number of hydrogen-bond donors (Lipinski definition) is 3. The standard InChI is InChI=1S/C17H18N4O6/c18-6-7-27-8-13(23)19-10-3-1-2-9-14(10)17(26)21(16(9)25)11-4-5-12(22)20-15(11)24/h1-3,11H,4-8,18H2,(H,19,23)(H,20,22,24). The minimum absolute atomic E-state index is 0.0133. The van der Waals surface area contributed by atoms with Crippen LogP contribution in [0.1, 0.15) is 33.6 Å². The van der Waals surface area contributed by atoms with Crippen molar-refractivity contribution in [2.75, 3.05) is 25.1 Å². The lowest BCUT2D eigenvalue weighted by Crippen LogP contribution is -2.54. The second-order valence-corrected chi connectivity index (χ2v) is 6.06. The van der Waals surface area contributed by atoms with Gasteiger partial charge in [0.1, 0.15) is 12.6 Å². The van der Waals surface area contributed by atoms with Crippen LogP contribution in [0.2, 0.25) is 0 Å². The molecule has 0 aliphatic carbocycles. The number of piperidine rings is 1. The molecule has 1 aromatic carbocycles. The molecule has 1 saturated heterocycles. The molecule has 1 aromatic rings. The van der Waals surface area contributed by atoms with Crippen molar-refractivity contribution in [2.24, 2.45) is 5.73 Å². The molecular weight excluding hydrogens is 356 g/mol. The zero-order chi connectivity index (χ0) is 19.6. The third-order valence-electron chi connectivity index (χ3n) is 4.24. The zero-order valence-corrected chi connectivity index (χ0v) is 14.3. The van der Waals surface area contributed by atoms with Crippen LogP contribution in [-0.2, 0) is 19.1 Å². The smallest absolute Gasteiger partial charge is 0.264 e. The van der Waals surface area contributed by atoms with Crippen LogP contribution in [0.15, 0.2) is 18.2 Å². The van der Waals surface area contributed by atoms with Crippen molar-refractivity contribution < 1.29 is 28.7 Å². The van der Waals surface area contributed by atoms with Crippen molar-refractivity contribution in [3.8, 4) is 0 Å². The second-order valence-electron chi connectivity index (χ2n) is 6.06. The molecule has 10 nitrogen and oxygen atoms in total. The monoisotopic (exact) mass is 374 g/mol. The van der Waals surface area contributed by atoms with Crippen LogP contribution in [0.25, 0.3) is 0 Å². The Labute approximate surface area is 154 Å². The van der Waals surface area contributed by atoms with Gasteiger partial charge in [0.2, 0.25) is 17.7 Å². The highest BCUT2D eigenvalue weighted by Crippen LogP contribution is 2.32. The van der Waals surface area contributed by atoms with Crippen LogP contribution in [0.4, 0.5) is 5.69 Å². The zero-order valence-electron chi connectivity index (χ0n) is 14.3. The average Bonchev–Trinajstić information content (AvgIpc) is 2.88. The van der Waals surface area contributed by atoms with Gasteiger partial charge in [0.05, 0.1) is 23.4 Å². The van der Waals surface area contributed by atoms with Gasteiger partial charge < -0.3 is 15.8 Å². The highest BCUT2D eigenvalue weighted by Gasteiger charge is 2.45.